The van der Waals surface area contributed by atoms with Crippen LogP contribution in [-0.2, 0) is 29.5 Å². The second-order valence-electron chi connectivity index (χ2n) is 4.40. The first-order valence-corrected chi connectivity index (χ1v) is 7.89. The third-order valence-electron chi connectivity index (χ3n) is 3.05. The molecule has 0 unspecified atom stereocenters. The molecule has 20 heavy (non-hydrogen) atoms. The lowest BCUT2D eigenvalue weighted by atomic mass is 10.1. The van der Waals surface area contributed by atoms with E-state index < -0.39 is 10.0 Å². The smallest absolute Gasteiger partial charge is 0.241 e. The van der Waals surface area contributed by atoms with Gasteiger partial charge < -0.3 is 10.2 Å². The molecule has 0 amide bonds. The Bertz CT molecular complexity index is 664. The SMILES string of the molecule is CCc1ccc(CN)cc1S(=O)(=O)NCc1ccco1. The van der Waals surface area contributed by atoms with E-state index in [2.05, 4.69) is 4.72 Å². The van der Waals surface area contributed by atoms with Gasteiger partial charge in [-0.1, -0.05) is 19.1 Å². The Balaban J connectivity index is 2.28. The first-order valence-electron chi connectivity index (χ1n) is 6.40. The molecule has 1 aromatic heterocycles. The van der Waals surface area contributed by atoms with Crippen LogP contribution in [0.25, 0.3) is 0 Å². The van der Waals surface area contributed by atoms with Crippen LogP contribution in [0.4, 0.5) is 0 Å². The van der Waals surface area contributed by atoms with E-state index in [9.17, 15) is 8.42 Å². The predicted molar refractivity (Wildman–Crippen MR) is 76.4 cm³/mol. The van der Waals surface area contributed by atoms with Gasteiger partial charge in [-0.05, 0) is 35.7 Å². The summed E-state index contributed by atoms with van der Waals surface area (Å²) in [5.74, 6) is 0.571. The van der Waals surface area contributed by atoms with Crippen molar-refractivity contribution in [1.82, 2.24) is 4.72 Å². The number of rotatable bonds is 6. The van der Waals surface area contributed by atoms with E-state index in [-0.39, 0.29) is 11.4 Å². The van der Waals surface area contributed by atoms with Crippen molar-refractivity contribution in [1.29, 1.82) is 0 Å². The lowest BCUT2D eigenvalue weighted by Gasteiger charge is -2.11. The van der Waals surface area contributed by atoms with Crippen LogP contribution in [0.5, 0.6) is 0 Å². The Labute approximate surface area is 118 Å². The number of aryl methyl sites for hydroxylation is 1. The van der Waals surface area contributed by atoms with Crippen molar-refractivity contribution >= 4 is 10.0 Å². The van der Waals surface area contributed by atoms with Gasteiger partial charge in [-0.15, -0.1) is 0 Å². The van der Waals surface area contributed by atoms with Crippen LogP contribution in [-0.4, -0.2) is 8.42 Å². The molecule has 108 valence electrons. The lowest BCUT2D eigenvalue weighted by Crippen LogP contribution is -2.24. The summed E-state index contributed by atoms with van der Waals surface area (Å²) in [4.78, 5) is 0.287. The summed E-state index contributed by atoms with van der Waals surface area (Å²) in [6.45, 7) is 2.36. The molecule has 0 aliphatic carbocycles. The van der Waals surface area contributed by atoms with Crippen molar-refractivity contribution in [3.05, 3.63) is 53.5 Å². The third-order valence-corrected chi connectivity index (χ3v) is 4.54. The lowest BCUT2D eigenvalue weighted by molar-refractivity contribution is 0.498. The molecule has 0 bridgehead atoms. The van der Waals surface area contributed by atoms with Crippen LogP contribution < -0.4 is 10.5 Å². The normalized spacial score (nSPS) is 11.7. The van der Waals surface area contributed by atoms with E-state index >= 15 is 0 Å². The van der Waals surface area contributed by atoms with Crippen molar-refractivity contribution in [2.24, 2.45) is 5.73 Å². The Morgan fingerprint density at radius 1 is 1.30 bits per heavy atom. The van der Waals surface area contributed by atoms with Gasteiger partial charge >= 0.3 is 0 Å². The summed E-state index contributed by atoms with van der Waals surface area (Å²) >= 11 is 0. The highest BCUT2D eigenvalue weighted by atomic mass is 32.2. The summed E-state index contributed by atoms with van der Waals surface area (Å²) in [7, 11) is -3.58. The van der Waals surface area contributed by atoms with Crippen molar-refractivity contribution in [2.45, 2.75) is 31.3 Å². The maximum absolute atomic E-state index is 12.4. The van der Waals surface area contributed by atoms with Crippen LogP contribution in [0.15, 0.2) is 45.9 Å². The zero-order valence-electron chi connectivity index (χ0n) is 11.3. The number of furan rings is 1. The van der Waals surface area contributed by atoms with Crippen molar-refractivity contribution < 1.29 is 12.8 Å². The van der Waals surface area contributed by atoms with Crippen LogP contribution in [0.1, 0.15) is 23.8 Å². The standard InChI is InChI=1S/C14H18N2O3S/c1-2-12-6-5-11(9-15)8-14(12)20(17,18)16-10-13-4-3-7-19-13/h3-8,16H,2,9-10,15H2,1H3. The molecular formula is C14H18N2O3S. The average molecular weight is 294 g/mol. The molecule has 3 N–H and O–H groups in total. The average Bonchev–Trinajstić information content (AvgIpc) is 2.98. The fourth-order valence-corrected chi connectivity index (χ4v) is 3.28. The molecule has 0 radical (unpaired) electrons. The first kappa shape index (κ1) is 14.8. The van der Waals surface area contributed by atoms with Crippen molar-refractivity contribution in [3.63, 3.8) is 0 Å². The fraction of sp³-hybridized carbons (Fsp3) is 0.286. The molecule has 2 rings (SSSR count). The minimum absolute atomic E-state index is 0.130. The van der Waals surface area contributed by atoms with Gasteiger partial charge in [-0.2, -0.15) is 0 Å². The zero-order chi connectivity index (χ0) is 14.6. The van der Waals surface area contributed by atoms with Gasteiger partial charge in [0, 0.05) is 6.54 Å². The molecule has 0 saturated carbocycles. The summed E-state index contributed by atoms with van der Waals surface area (Å²) < 4.78 is 32.4. The number of hydrogen-bond acceptors (Lipinski definition) is 4. The molecule has 2 aromatic rings. The Morgan fingerprint density at radius 3 is 2.70 bits per heavy atom. The van der Waals surface area contributed by atoms with Crippen molar-refractivity contribution in [3.8, 4) is 0 Å². The molecule has 6 heteroatoms. The molecule has 0 fully saturated rings. The van der Waals surface area contributed by atoms with Gasteiger partial charge in [-0.25, -0.2) is 13.1 Å². The zero-order valence-corrected chi connectivity index (χ0v) is 12.1. The van der Waals surface area contributed by atoms with E-state index in [1.165, 1.54) is 6.26 Å². The maximum Gasteiger partial charge on any atom is 0.241 e. The minimum Gasteiger partial charge on any atom is -0.468 e. The number of benzene rings is 1. The number of nitrogens with one attached hydrogen (secondary N) is 1. The van der Waals surface area contributed by atoms with E-state index in [1.807, 2.05) is 19.1 Å². The first-order chi connectivity index (χ1) is 9.56. The van der Waals surface area contributed by atoms with Gasteiger partial charge in [0.1, 0.15) is 5.76 Å². The third kappa shape index (κ3) is 3.27. The fourth-order valence-electron chi connectivity index (χ4n) is 1.93. The van der Waals surface area contributed by atoms with Gasteiger partial charge in [0.2, 0.25) is 10.0 Å². The molecule has 1 heterocycles. The van der Waals surface area contributed by atoms with Crippen LogP contribution in [0, 0.1) is 0 Å². The summed E-state index contributed by atoms with van der Waals surface area (Å²) in [5, 5.41) is 0. The molecule has 0 aliphatic rings. The van der Waals surface area contributed by atoms with Crippen molar-refractivity contribution in [2.75, 3.05) is 0 Å². The molecule has 0 atom stereocenters. The number of hydrogen-bond donors (Lipinski definition) is 2. The van der Waals surface area contributed by atoms with E-state index in [1.54, 1.807) is 18.2 Å². The van der Waals surface area contributed by atoms with E-state index in [4.69, 9.17) is 10.2 Å². The van der Waals surface area contributed by atoms with Gasteiger partial charge in [0.25, 0.3) is 0 Å². The van der Waals surface area contributed by atoms with Gasteiger partial charge in [-0.3, -0.25) is 0 Å². The molecule has 0 saturated heterocycles. The Kier molecular flexibility index (Phi) is 4.59. The number of nitrogens with two attached hydrogens (primary N) is 1. The highest BCUT2D eigenvalue weighted by molar-refractivity contribution is 7.89. The topological polar surface area (TPSA) is 85.3 Å². The summed E-state index contributed by atoms with van der Waals surface area (Å²) in [6.07, 6.45) is 2.15. The predicted octanol–water partition coefficient (Wildman–Crippen LogP) is 1.78. The monoisotopic (exact) mass is 294 g/mol. The van der Waals surface area contributed by atoms with Crippen LogP contribution >= 0.6 is 0 Å². The van der Waals surface area contributed by atoms with Crippen LogP contribution in [0.3, 0.4) is 0 Å². The summed E-state index contributed by atoms with van der Waals surface area (Å²) in [5.41, 5.74) is 7.14. The van der Waals surface area contributed by atoms with Gasteiger partial charge in [0.15, 0.2) is 0 Å². The minimum atomic E-state index is -3.58. The largest absolute Gasteiger partial charge is 0.468 e. The molecule has 1 aromatic carbocycles. The van der Waals surface area contributed by atoms with Gasteiger partial charge in [0.05, 0.1) is 17.7 Å². The quantitative estimate of drug-likeness (QED) is 0.850. The summed E-state index contributed by atoms with van der Waals surface area (Å²) in [6, 6.07) is 8.73. The molecular weight excluding hydrogens is 276 g/mol. The molecule has 0 spiro atoms. The highest BCUT2D eigenvalue weighted by Gasteiger charge is 2.18. The highest BCUT2D eigenvalue weighted by Crippen LogP contribution is 2.19. The van der Waals surface area contributed by atoms with Crippen LogP contribution in [0.2, 0.25) is 0 Å². The number of sulfonamides is 1. The van der Waals surface area contributed by atoms with E-state index in [0.29, 0.717) is 18.7 Å². The Morgan fingerprint density at radius 2 is 2.10 bits per heavy atom. The molecule has 5 nitrogen and oxygen atoms in total. The maximum atomic E-state index is 12.4. The second kappa shape index (κ2) is 6.21. The van der Waals surface area contributed by atoms with E-state index in [0.717, 1.165) is 11.1 Å². The second-order valence-corrected chi connectivity index (χ2v) is 6.14. The Hall–Kier alpha value is -1.63. The molecule has 0 aliphatic heterocycles.